The summed E-state index contributed by atoms with van der Waals surface area (Å²) in [6, 6.07) is 5.04. The first-order chi connectivity index (χ1) is 8.10. The summed E-state index contributed by atoms with van der Waals surface area (Å²) in [6.45, 7) is 1.39. The topological polar surface area (TPSA) is 64.6 Å². The highest BCUT2D eigenvalue weighted by atomic mass is 16.5. The lowest BCUT2D eigenvalue weighted by Gasteiger charge is -2.12. The zero-order chi connectivity index (χ0) is 12.8. The van der Waals surface area contributed by atoms with Crippen molar-refractivity contribution in [2.24, 2.45) is 0 Å². The van der Waals surface area contributed by atoms with Crippen molar-refractivity contribution in [2.75, 3.05) is 20.8 Å². The van der Waals surface area contributed by atoms with Crippen molar-refractivity contribution in [3.8, 4) is 11.5 Å². The molecule has 1 aromatic carbocycles. The Morgan fingerprint density at radius 3 is 2.12 bits per heavy atom. The molecule has 92 valence electrons. The maximum Gasteiger partial charge on any atom is 0.259 e. The molecule has 0 saturated heterocycles. The molecule has 5 heteroatoms. The zero-order valence-electron chi connectivity index (χ0n) is 10.1. The third-order valence-electron chi connectivity index (χ3n) is 2.15. The maximum absolute atomic E-state index is 11.9. The minimum Gasteiger partial charge on any atom is -0.496 e. The number of amides is 1. The summed E-state index contributed by atoms with van der Waals surface area (Å²) in [5.74, 6) is 0.303. The minimum atomic E-state index is -0.394. The number of ether oxygens (including phenoxy) is 2. The molecule has 0 aliphatic rings. The Labute approximate surface area is 99.7 Å². The number of carbonyl (C=O) groups excluding carboxylic acids is 2. The largest absolute Gasteiger partial charge is 0.496 e. The fourth-order valence-electron chi connectivity index (χ4n) is 1.37. The number of Topliss-reactive ketones (excluding diaryl/α,β-unsaturated/α-hetero) is 1. The molecule has 1 N–H and O–H groups in total. The van der Waals surface area contributed by atoms with Gasteiger partial charge in [0.15, 0.2) is 0 Å². The number of ketones is 1. The molecule has 5 nitrogen and oxygen atoms in total. The third-order valence-corrected chi connectivity index (χ3v) is 2.15. The average molecular weight is 237 g/mol. The predicted octanol–water partition coefficient (Wildman–Crippen LogP) is 1.02. The van der Waals surface area contributed by atoms with Gasteiger partial charge < -0.3 is 14.8 Å². The first kappa shape index (κ1) is 13.0. The number of hydrogen-bond acceptors (Lipinski definition) is 4. The number of hydrogen-bond donors (Lipinski definition) is 1. The van der Waals surface area contributed by atoms with Gasteiger partial charge in [-0.05, 0) is 19.1 Å². The fourth-order valence-corrected chi connectivity index (χ4v) is 1.37. The summed E-state index contributed by atoms with van der Waals surface area (Å²) in [5, 5.41) is 2.50. The summed E-state index contributed by atoms with van der Waals surface area (Å²) in [4.78, 5) is 22.7. The van der Waals surface area contributed by atoms with Gasteiger partial charge in [0, 0.05) is 0 Å². The van der Waals surface area contributed by atoms with E-state index in [1.165, 1.54) is 21.1 Å². The van der Waals surface area contributed by atoms with Gasteiger partial charge in [-0.25, -0.2) is 0 Å². The molecule has 0 radical (unpaired) electrons. The van der Waals surface area contributed by atoms with Crippen LogP contribution < -0.4 is 14.8 Å². The van der Waals surface area contributed by atoms with Crippen LogP contribution in [0.1, 0.15) is 17.3 Å². The van der Waals surface area contributed by atoms with Crippen LogP contribution in [0.2, 0.25) is 0 Å². The van der Waals surface area contributed by atoms with Crippen molar-refractivity contribution < 1.29 is 19.1 Å². The van der Waals surface area contributed by atoms with E-state index in [0.29, 0.717) is 17.1 Å². The molecule has 0 aliphatic carbocycles. The third kappa shape index (κ3) is 3.21. The fraction of sp³-hybridized carbons (Fsp3) is 0.333. The van der Waals surface area contributed by atoms with Gasteiger partial charge >= 0.3 is 0 Å². The Hall–Kier alpha value is -2.04. The standard InChI is InChI=1S/C12H15NO4/c1-8(14)7-13-12(15)11-9(16-2)5-4-6-10(11)17-3/h4-6H,7H2,1-3H3,(H,13,15). The van der Waals surface area contributed by atoms with Crippen LogP contribution in [0.3, 0.4) is 0 Å². The van der Waals surface area contributed by atoms with Gasteiger partial charge in [-0.2, -0.15) is 0 Å². The Morgan fingerprint density at radius 1 is 1.18 bits per heavy atom. The highest BCUT2D eigenvalue weighted by Gasteiger charge is 2.17. The van der Waals surface area contributed by atoms with E-state index >= 15 is 0 Å². The zero-order valence-corrected chi connectivity index (χ0v) is 10.1. The van der Waals surface area contributed by atoms with Crippen LogP contribution in [-0.2, 0) is 4.79 Å². The van der Waals surface area contributed by atoms with Gasteiger partial charge in [0.2, 0.25) is 0 Å². The van der Waals surface area contributed by atoms with Gasteiger partial charge in [-0.15, -0.1) is 0 Å². The van der Waals surface area contributed by atoms with E-state index in [1.54, 1.807) is 18.2 Å². The van der Waals surface area contributed by atoms with E-state index in [9.17, 15) is 9.59 Å². The Kier molecular flexibility index (Phi) is 4.51. The van der Waals surface area contributed by atoms with E-state index in [1.807, 2.05) is 0 Å². The predicted molar refractivity (Wildman–Crippen MR) is 62.6 cm³/mol. The number of carbonyl (C=O) groups is 2. The molecule has 0 unspecified atom stereocenters. The van der Waals surface area contributed by atoms with Crippen LogP contribution in [0.4, 0.5) is 0 Å². The van der Waals surface area contributed by atoms with E-state index in [2.05, 4.69) is 5.32 Å². The molecule has 0 bridgehead atoms. The molecular weight excluding hydrogens is 222 g/mol. The molecular formula is C12H15NO4. The van der Waals surface area contributed by atoms with Gasteiger partial charge in [0.05, 0.1) is 20.8 Å². The van der Waals surface area contributed by atoms with E-state index in [-0.39, 0.29) is 12.3 Å². The molecule has 1 rings (SSSR count). The number of nitrogens with one attached hydrogen (secondary N) is 1. The molecule has 0 aromatic heterocycles. The van der Waals surface area contributed by atoms with Gasteiger partial charge in [-0.1, -0.05) is 6.07 Å². The molecule has 0 atom stereocenters. The molecule has 0 fully saturated rings. The van der Waals surface area contributed by atoms with Crippen LogP contribution in [0.5, 0.6) is 11.5 Å². The summed E-state index contributed by atoms with van der Waals surface area (Å²) >= 11 is 0. The van der Waals surface area contributed by atoms with E-state index < -0.39 is 5.91 Å². The van der Waals surface area contributed by atoms with Gasteiger partial charge in [0.25, 0.3) is 5.91 Å². The van der Waals surface area contributed by atoms with Crippen molar-refractivity contribution in [3.63, 3.8) is 0 Å². The number of rotatable bonds is 5. The number of benzene rings is 1. The molecule has 1 amide bonds. The normalized spacial score (nSPS) is 9.59. The first-order valence-corrected chi connectivity index (χ1v) is 5.08. The molecule has 0 saturated carbocycles. The lowest BCUT2D eigenvalue weighted by Crippen LogP contribution is -2.28. The monoisotopic (exact) mass is 237 g/mol. The average Bonchev–Trinajstić information content (AvgIpc) is 2.34. The second-order valence-corrected chi connectivity index (χ2v) is 3.42. The lowest BCUT2D eigenvalue weighted by molar-refractivity contribution is -0.116. The lowest BCUT2D eigenvalue weighted by atomic mass is 10.1. The molecule has 1 aromatic rings. The van der Waals surface area contributed by atoms with E-state index in [4.69, 9.17) is 9.47 Å². The molecule has 0 aliphatic heterocycles. The van der Waals surface area contributed by atoms with Crippen LogP contribution in [0.25, 0.3) is 0 Å². The van der Waals surface area contributed by atoms with Crippen molar-refractivity contribution >= 4 is 11.7 Å². The van der Waals surface area contributed by atoms with Gasteiger partial charge in [0.1, 0.15) is 22.8 Å². The molecule has 17 heavy (non-hydrogen) atoms. The van der Waals surface area contributed by atoms with Crippen LogP contribution >= 0.6 is 0 Å². The maximum atomic E-state index is 11.9. The summed E-state index contributed by atoms with van der Waals surface area (Å²) in [7, 11) is 2.94. The summed E-state index contributed by atoms with van der Waals surface area (Å²) in [5.41, 5.74) is 0.291. The quantitative estimate of drug-likeness (QED) is 0.830. The molecule has 0 heterocycles. The van der Waals surface area contributed by atoms with Gasteiger partial charge in [-0.3, -0.25) is 9.59 Å². The highest BCUT2D eigenvalue weighted by molar-refractivity contribution is 6.01. The van der Waals surface area contributed by atoms with Crippen LogP contribution in [0.15, 0.2) is 18.2 Å². The van der Waals surface area contributed by atoms with Crippen LogP contribution in [0, 0.1) is 0 Å². The summed E-state index contributed by atoms with van der Waals surface area (Å²) < 4.78 is 10.2. The minimum absolute atomic E-state index is 0.0139. The SMILES string of the molecule is COc1cccc(OC)c1C(=O)NCC(C)=O. The Balaban J connectivity index is 3.01. The van der Waals surface area contributed by atoms with Crippen molar-refractivity contribution in [2.45, 2.75) is 6.92 Å². The van der Waals surface area contributed by atoms with Crippen molar-refractivity contribution in [1.82, 2.24) is 5.32 Å². The van der Waals surface area contributed by atoms with Crippen molar-refractivity contribution in [3.05, 3.63) is 23.8 Å². The highest BCUT2D eigenvalue weighted by Crippen LogP contribution is 2.27. The summed E-state index contributed by atoms with van der Waals surface area (Å²) in [6.07, 6.45) is 0. The Morgan fingerprint density at radius 2 is 1.71 bits per heavy atom. The molecule has 0 spiro atoms. The first-order valence-electron chi connectivity index (χ1n) is 5.08. The second kappa shape index (κ2) is 5.89. The van der Waals surface area contributed by atoms with E-state index in [0.717, 1.165) is 0 Å². The number of methoxy groups -OCH3 is 2. The second-order valence-electron chi connectivity index (χ2n) is 3.42. The Bertz CT molecular complexity index is 406. The van der Waals surface area contributed by atoms with Crippen molar-refractivity contribution in [1.29, 1.82) is 0 Å². The smallest absolute Gasteiger partial charge is 0.259 e. The van der Waals surface area contributed by atoms with Crippen LogP contribution in [-0.4, -0.2) is 32.5 Å².